The van der Waals surface area contributed by atoms with E-state index in [1.165, 1.54) is 37.8 Å². The summed E-state index contributed by atoms with van der Waals surface area (Å²) in [6.45, 7) is 3.71. The van der Waals surface area contributed by atoms with Crippen LogP contribution in [-0.2, 0) is 4.79 Å². The molecule has 2 fully saturated rings. The molecule has 0 unspecified atom stereocenters. The molecule has 1 aromatic carbocycles. The van der Waals surface area contributed by atoms with Gasteiger partial charge in [0.2, 0.25) is 5.91 Å². The highest BCUT2D eigenvalue weighted by Gasteiger charge is 2.42. The minimum Gasteiger partial charge on any atom is -0.351 e. The summed E-state index contributed by atoms with van der Waals surface area (Å²) in [5.41, 5.74) is 3.62. The van der Waals surface area contributed by atoms with Crippen LogP contribution in [0.15, 0.2) is 60.9 Å². The molecule has 0 spiro atoms. The van der Waals surface area contributed by atoms with Gasteiger partial charge in [-0.1, -0.05) is 50.8 Å². The molecule has 1 aliphatic carbocycles. The molecular weight excluding hydrogens is 490 g/mol. The summed E-state index contributed by atoms with van der Waals surface area (Å²) >= 11 is 12.6. The maximum atomic E-state index is 12.2. The van der Waals surface area contributed by atoms with E-state index in [4.69, 9.17) is 23.8 Å². The lowest BCUT2D eigenvalue weighted by Crippen LogP contribution is -2.31. The van der Waals surface area contributed by atoms with Crippen molar-refractivity contribution in [2.75, 3.05) is 10.2 Å². The quantitative estimate of drug-likeness (QED) is 0.349. The van der Waals surface area contributed by atoms with Crippen molar-refractivity contribution in [1.29, 1.82) is 0 Å². The molecule has 5 rings (SSSR count). The Morgan fingerprint density at radius 2 is 1.94 bits per heavy atom. The van der Waals surface area contributed by atoms with Crippen LogP contribution in [0.5, 0.6) is 0 Å². The number of amides is 1. The first-order chi connectivity index (χ1) is 17.4. The highest BCUT2D eigenvalue weighted by atomic mass is 35.5. The first-order valence-corrected chi connectivity index (χ1v) is 13.5. The van der Waals surface area contributed by atoms with Crippen molar-refractivity contribution >= 4 is 46.2 Å². The molecule has 8 heteroatoms. The molecular formula is C28H32ClN5OS. The number of aromatic nitrogens is 2. The van der Waals surface area contributed by atoms with Crippen molar-refractivity contribution < 1.29 is 4.79 Å². The highest BCUT2D eigenvalue weighted by molar-refractivity contribution is 7.80. The monoisotopic (exact) mass is 521 g/mol. The lowest BCUT2D eigenvalue weighted by atomic mass is 9.94. The van der Waals surface area contributed by atoms with E-state index >= 15 is 0 Å². The largest absolute Gasteiger partial charge is 0.351 e. The van der Waals surface area contributed by atoms with Gasteiger partial charge in [0.15, 0.2) is 5.11 Å². The summed E-state index contributed by atoms with van der Waals surface area (Å²) in [7, 11) is 0. The third-order valence-corrected chi connectivity index (χ3v) is 7.82. The Hall–Kier alpha value is -2.90. The van der Waals surface area contributed by atoms with Gasteiger partial charge in [-0.2, -0.15) is 0 Å². The van der Waals surface area contributed by atoms with Crippen molar-refractivity contribution in [1.82, 2.24) is 14.9 Å². The first kappa shape index (κ1) is 24.8. The molecule has 2 N–H and O–H groups in total. The predicted octanol–water partition coefficient (Wildman–Crippen LogP) is 6.81. The predicted molar refractivity (Wildman–Crippen MR) is 149 cm³/mol. The normalized spacial score (nSPS) is 20.6. The molecule has 6 nitrogen and oxygen atoms in total. The van der Waals surface area contributed by atoms with E-state index in [0.29, 0.717) is 21.9 Å². The van der Waals surface area contributed by atoms with Crippen LogP contribution in [0.2, 0.25) is 5.02 Å². The van der Waals surface area contributed by atoms with Crippen LogP contribution in [0, 0.1) is 5.92 Å². The van der Waals surface area contributed by atoms with Crippen molar-refractivity contribution in [2.24, 2.45) is 5.92 Å². The zero-order chi connectivity index (χ0) is 25.2. The number of nitrogens with zero attached hydrogens (tertiary/aromatic N) is 3. The van der Waals surface area contributed by atoms with Crippen LogP contribution in [-0.4, -0.2) is 20.6 Å². The molecule has 1 amide bonds. The van der Waals surface area contributed by atoms with Crippen LogP contribution in [0.4, 0.5) is 11.4 Å². The van der Waals surface area contributed by atoms with Gasteiger partial charge in [-0.15, -0.1) is 0 Å². The fourth-order valence-corrected chi connectivity index (χ4v) is 5.88. The fraction of sp³-hybridized carbons (Fsp3) is 0.393. The summed E-state index contributed by atoms with van der Waals surface area (Å²) in [6.07, 6.45) is 10.2. The number of anilines is 2. The lowest BCUT2D eigenvalue weighted by molar-refractivity contribution is -0.118. The maximum absolute atomic E-state index is 12.2. The Labute approximate surface area is 223 Å². The average molecular weight is 522 g/mol. The summed E-state index contributed by atoms with van der Waals surface area (Å²) in [6, 6.07) is 16.3. The third kappa shape index (κ3) is 4.87. The number of pyridine rings is 1. The number of thiocarbonyl (C=S) groups is 1. The van der Waals surface area contributed by atoms with Gasteiger partial charge in [0, 0.05) is 35.7 Å². The van der Waals surface area contributed by atoms with Gasteiger partial charge < -0.3 is 20.1 Å². The van der Waals surface area contributed by atoms with Gasteiger partial charge in [-0.25, -0.2) is 0 Å². The van der Waals surface area contributed by atoms with E-state index in [9.17, 15) is 4.79 Å². The molecule has 2 aliphatic rings. The Morgan fingerprint density at radius 1 is 1.14 bits per heavy atom. The Bertz CT molecular complexity index is 1240. The summed E-state index contributed by atoms with van der Waals surface area (Å²) in [5.74, 6) is -0.200. The van der Waals surface area contributed by atoms with Crippen LogP contribution in [0.25, 0.3) is 0 Å². The lowest BCUT2D eigenvalue weighted by Gasteiger charge is -2.32. The number of nitrogens with one attached hydrogen (secondary N) is 2. The van der Waals surface area contributed by atoms with Gasteiger partial charge in [0.25, 0.3) is 0 Å². The van der Waals surface area contributed by atoms with Crippen LogP contribution in [0.3, 0.4) is 0 Å². The van der Waals surface area contributed by atoms with E-state index in [0.717, 1.165) is 11.4 Å². The molecule has 188 valence electrons. The number of carbonyl (C=O) groups is 1. The molecule has 1 saturated carbocycles. The second-order valence-electron chi connectivity index (χ2n) is 9.94. The Kier molecular flexibility index (Phi) is 7.30. The van der Waals surface area contributed by atoms with Crippen LogP contribution in [0.1, 0.15) is 75.5 Å². The van der Waals surface area contributed by atoms with Crippen LogP contribution < -0.4 is 15.5 Å². The second-order valence-corrected chi connectivity index (χ2v) is 10.7. The van der Waals surface area contributed by atoms with Gasteiger partial charge in [-0.05, 0) is 67.5 Å². The number of hydrogen-bond donors (Lipinski definition) is 2. The third-order valence-electron chi connectivity index (χ3n) is 7.19. The smallest absolute Gasteiger partial charge is 0.226 e. The number of benzene rings is 1. The Morgan fingerprint density at radius 3 is 2.64 bits per heavy atom. The number of carbonyl (C=O) groups excluding carboxylic acids is 1. The molecule has 36 heavy (non-hydrogen) atoms. The minimum absolute atomic E-state index is 0.0681. The summed E-state index contributed by atoms with van der Waals surface area (Å²) < 4.78 is 2.45. The standard InChI is InChI=1S/C28H32ClN5OS/c1-18(2)27(35)31-22-14-13-20(17-21(22)29)34-26(25(32-28(34)36)23-11-6-7-15-30-23)24-12-8-16-33(24)19-9-4-3-5-10-19/h6-8,11-19,25-26H,3-5,9-10H2,1-2H3,(H,31,35)(H,32,36)/t25-,26-/m1/s1. The summed E-state index contributed by atoms with van der Waals surface area (Å²) in [4.78, 5) is 19.0. The number of halogens is 1. The van der Waals surface area contributed by atoms with Crippen molar-refractivity contribution in [2.45, 2.75) is 64.1 Å². The van der Waals surface area contributed by atoms with Gasteiger partial charge in [0.05, 0.1) is 22.4 Å². The molecule has 2 aromatic heterocycles. The van der Waals surface area contributed by atoms with Crippen LogP contribution >= 0.6 is 23.8 Å². The van der Waals surface area contributed by atoms with Gasteiger partial charge in [-0.3, -0.25) is 9.78 Å². The molecule has 0 radical (unpaired) electrons. The van der Waals surface area contributed by atoms with E-state index in [-0.39, 0.29) is 23.9 Å². The molecule has 0 bridgehead atoms. The van der Waals surface area contributed by atoms with Gasteiger partial charge in [0.1, 0.15) is 6.04 Å². The van der Waals surface area contributed by atoms with E-state index < -0.39 is 0 Å². The molecule has 3 aromatic rings. The first-order valence-electron chi connectivity index (χ1n) is 12.7. The average Bonchev–Trinajstić information content (AvgIpc) is 3.50. The van der Waals surface area contributed by atoms with Crippen molar-refractivity contribution in [3.05, 3.63) is 77.3 Å². The van der Waals surface area contributed by atoms with E-state index in [1.54, 1.807) is 0 Å². The number of hydrogen-bond acceptors (Lipinski definition) is 3. The fourth-order valence-electron chi connectivity index (χ4n) is 5.32. The molecule has 1 aliphatic heterocycles. The van der Waals surface area contributed by atoms with Crippen molar-refractivity contribution in [3.63, 3.8) is 0 Å². The zero-order valence-corrected chi connectivity index (χ0v) is 22.2. The summed E-state index contributed by atoms with van der Waals surface area (Å²) in [5, 5.41) is 7.55. The maximum Gasteiger partial charge on any atom is 0.226 e. The van der Waals surface area contributed by atoms with Gasteiger partial charge >= 0.3 is 0 Å². The molecule has 1 saturated heterocycles. The van der Waals surface area contributed by atoms with E-state index in [2.05, 4.69) is 43.4 Å². The molecule has 3 heterocycles. The SMILES string of the molecule is CC(C)C(=O)Nc1ccc(N2C(=S)N[C@H](c3ccccn3)[C@H]2c2cccn2C2CCCCC2)cc1Cl. The molecule has 2 atom stereocenters. The second kappa shape index (κ2) is 10.6. The number of rotatable bonds is 6. The van der Waals surface area contributed by atoms with Crippen molar-refractivity contribution in [3.8, 4) is 0 Å². The highest BCUT2D eigenvalue weighted by Crippen LogP contribution is 2.44. The zero-order valence-electron chi connectivity index (χ0n) is 20.7. The van der Waals surface area contributed by atoms with E-state index in [1.807, 2.05) is 56.4 Å². The Balaban J connectivity index is 1.55. The minimum atomic E-state index is -0.132. The topological polar surface area (TPSA) is 62.2 Å².